The summed E-state index contributed by atoms with van der Waals surface area (Å²) in [5.41, 5.74) is 2.40. The van der Waals surface area contributed by atoms with Gasteiger partial charge in [0, 0.05) is 25.8 Å². The molecule has 0 spiro atoms. The van der Waals surface area contributed by atoms with Crippen LogP contribution in [0.25, 0.3) is 0 Å². The zero-order chi connectivity index (χ0) is 45.3. The van der Waals surface area contributed by atoms with Gasteiger partial charge in [0.15, 0.2) is 0 Å². The molecule has 8 atom stereocenters. The van der Waals surface area contributed by atoms with Crippen molar-refractivity contribution in [1.82, 2.24) is 4.90 Å². The molecule has 0 aliphatic heterocycles. The Morgan fingerprint density at radius 1 is 0.746 bits per heavy atom. The van der Waals surface area contributed by atoms with Gasteiger partial charge in [-0.25, -0.2) is 0 Å². The van der Waals surface area contributed by atoms with E-state index < -0.39 is 0 Å². The number of nitrogens with zero attached hydrogens (tertiary/aromatic N) is 1. The maximum atomic E-state index is 13.0. The molecule has 6 heteroatoms. The molecule has 4 aliphatic rings. The van der Waals surface area contributed by atoms with E-state index in [-0.39, 0.29) is 30.1 Å². The van der Waals surface area contributed by atoms with Gasteiger partial charge in [-0.05, 0) is 169 Å². The molecule has 0 aromatic carbocycles. The zero-order valence-corrected chi connectivity index (χ0v) is 42.0. The van der Waals surface area contributed by atoms with Gasteiger partial charge in [-0.1, -0.05) is 135 Å². The zero-order valence-electron chi connectivity index (χ0n) is 42.0. The lowest BCUT2D eigenvalue weighted by Crippen LogP contribution is -2.51. The van der Waals surface area contributed by atoms with Crippen LogP contribution in [0.3, 0.4) is 0 Å². The number of carbonyl (C=O) groups excluding carboxylic acids is 2. The van der Waals surface area contributed by atoms with Crippen molar-refractivity contribution in [2.75, 3.05) is 32.8 Å². The summed E-state index contributed by atoms with van der Waals surface area (Å²) in [6, 6.07) is 0. The molecule has 4 aliphatic carbocycles. The summed E-state index contributed by atoms with van der Waals surface area (Å²) in [6.07, 6.45) is 44.7. The topological polar surface area (TPSA) is 76.1 Å². The summed E-state index contributed by atoms with van der Waals surface area (Å²) in [6.45, 7) is 17.9. The molecule has 63 heavy (non-hydrogen) atoms. The van der Waals surface area contributed by atoms with E-state index in [1.807, 2.05) is 0 Å². The van der Waals surface area contributed by atoms with Gasteiger partial charge in [0.1, 0.15) is 6.10 Å². The minimum absolute atomic E-state index is 0.0250. The minimum atomic E-state index is -0.0702. The SMILES string of the molecule is CCCCC/C=C/C/C=C/CCCCCCCC(=O)OCCCCN(CCO)CCCCCC(=O)OC1CCC2(C)C(=CCC3C2CCC2(C)C(C(C)CCCC(C)C)CCC32)C1. The van der Waals surface area contributed by atoms with Crippen LogP contribution in [0, 0.1) is 46.3 Å². The molecule has 0 aromatic rings. The Labute approximate surface area is 388 Å². The molecule has 8 unspecified atom stereocenters. The number of aliphatic hydroxyl groups excluding tert-OH is 1. The first-order chi connectivity index (χ1) is 30.5. The average Bonchev–Trinajstić information content (AvgIpc) is 3.62. The van der Waals surface area contributed by atoms with Crippen LogP contribution in [0.2, 0.25) is 0 Å². The summed E-state index contributed by atoms with van der Waals surface area (Å²) < 4.78 is 11.7. The summed E-state index contributed by atoms with van der Waals surface area (Å²) in [5.74, 6) is 4.97. The molecule has 0 amide bonds. The van der Waals surface area contributed by atoms with Gasteiger partial charge in [-0.3, -0.25) is 9.59 Å². The number of esters is 2. The molecule has 0 aromatic heterocycles. The van der Waals surface area contributed by atoms with Crippen molar-refractivity contribution in [2.24, 2.45) is 46.3 Å². The van der Waals surface area contributed by atoms with E-state index >= 15 is 0 Å². The van der Waals surface area contributed by atoms with Crippen LogP contribution in [-0.2, 0) is 19.1 Å². The van der Waals surface area contributed by atoms with E-state index in [1.165, 1.54) is 96.3 Å². The lowest BCUT2D eigenvalue weighted by molar-refractivity contribution is -0.151. The summed E-state index contributed by atoms with van der Waals surface area (Å²) in [4.78, 5) is 27.6. The van der Waals surface area contributed by atoms with E-state index in [2.05, 4.69) is 76.8 Å². The predicted octanol–water partition coefficient (Wildman–Crippen LogP) is 14.9. The number of carbonyl (C=O) groups is 2. The molecule has 0 heterocycles. The fourth-order valence-electron chi connectivity index (χ4n) is 13.0. The van der Waals surface area contributed by atoms with Crippen LogP contribution in [0.1, 0.15) is 228 Å². The lowest BCUT2D eigenvalue weighted by atomic mass is 9.47. The first-order valence-electron chi connectivity index (χ1n) is 27.2. The third kappa shape index (κ3) is 18.0. The largest absolute Gasteiger partial charge is 0.466 e. The average molecular weight is 878 g/mol. The number of ether oxygens (including phenoxy) is 2. The highest BCUT2D eigenvalue weighted by molar-refractivity contribution is 5.69. The van der Waals surface area contributed by atoms with Crippen molar-refractivity contribution in [3.63, 3.8) is 0 Å². The number of rotatable bonds is 33. The maximum Gasteiger partial charge on any atom is 0.306 e. The molecule has 362 valence electrons. The highest BCUT2D eigenvalue weighted by Gasteiger charge is 2.59. The van der Waals surface area contributed by atoms with Crippen molar-refractivity contribution in [1.29, 1.82) is 0 Å². The number of unbranched alkanes of at least 4 members (excludes halogenated alkanes) is 11. The van der Waals surface area contributed by atoms with Gasteiger partial charge < -0.3 is 19.5 Å². The smallest absolute Gasteiger partial charge is 0.306 e. The minimum Gasteiger partial charge on any atom is -0.466 e. The molecule has 3 saturated carbocycles. The monoisotopic (exact) mass is 878 g/mol. The summed E-state index contributed by atoms with van der Waals surface area (Å²) >= 11 is 0. The van der Waals surface area contributed by atoms with Crippen LogP contribution < -0.4 is 0 Å². The van der Waals surface area contributed by atoms with Crippen LogP contribution >= 0.6 is 0 Å². The quantitative estimate of drug-likeness (QED) is 0.0402. The van der Waals surface area contributed by atoms with E-state index in [0.29, 0.717) is 31.4 Å². The molecule has 6 nitrogen and oxygen atoms in total. The number of fused-ring (bicyclic) bond motifs is 5. The molecule has 1 N–H and O–H groups in total. The van der Waals surface area contributed by atoms with Crippen LogP contribution in [0.15, 0.2) is 36.0 Å². The van der Waals surface area contributed by atoms with E-state index in [0.717, 1.165) is 126 Å². The second-order valence-electron chi connectivity index (χ2n) is 21.9. The number of aliphatic hydroxyl groups is 1. The molecule has 4 rings (SSSR count). The van der Waals surface area contributed by atoms with Crippen LogP contribution in [-0.4, -0.2) is 60.9 Å². The van der Waals surface area contributed by atoms with E-state index in [9.17, 15) is 14.7 Å². The highest BCUT2D eigenvalue weighted by atomic mass is 16.5. The number of hydrogen-bond donors (Lipinski definition) is 1. The Kier molecular flexibility index (Phi) is 25.3. The Morgan fingerprint density at radius 2 is 1.43 bits per heavy atom. The molecule has 0 radical (unpaired) electrons. The van der Waals surface area contributed by atoms with Crippen molar-refractivity contribution in [3.05, 3.63) is 36.0 Å². The third-order valence-electron chi connectivity index (χ3n) is 16.8. The normalized spacial score (nSPS) is 27.4. The Balaban J connectivity index is 1.01. The fraction of sp³-hybridized carbons (Fsp3) is 0.860. The predicted molar refractivity (Wildman–Crippen MR) is 264 cm³/mol. The van der Waals surface area contributed by atoms with Gasteiger partial charge in [0.2, 0.25) is 0 Å². The van der Waals surface area contributed by atoms with Crippen molar-refractivity contribution < 1.29 is 24.2 Å². The Morgan fingerprint density at radius 3 is 2.16 bits per heavy atom. The lowest BCUT2D eigenvalue weighted by Gasteiger charge is -2.58. The van der Waals surface area contributed by atoms with Gasteiger partial charge >= 0.3 is 11.9 Å². The molecule has 0 saturated heterocycles. The Bertz CT molecular complexity index is 1370. The number of allylic oxidation sites excluding steroid dienone is 5. The van der Waals surface area contributed by atoms with Crippen molar-refractivity contribution >= 4 is 11.9 Å². The first kappa shape index (κ1) is 53.7. The molecular weight excluding hydrogens is 779 g/mol. The first-order valence-corrected chi connectivity index (χ1v) is 27.2. The van der Waals surface area contributed by atoms with Crippen LogP contribution in [0.4, 0.5) is 0 Å². The highest BCUT2D eigenvalue weighted by Crippen LogP contribution is 2.67. The summed E-state index contributed by atoms with van der Waals surface area (Å²) in [5, 5.41) is 9.65. The van der Waals surface area contributed by atoms with Crippen molar-refractivity contribution in [2.45, 2.75) is 234 Å². The van der Waals surface area contributed by atoms with Gasteiger partial charge in [-0.2, -0.15) is 0 Å². The molecule has 3 fully saturated rings. The molecular formula is C57H99NO5. The Hall–Kier alpha value is -1.92. The second kappa shape index (κ2) is 29.7. The van der Waals surface area contributed by atoms with Gasteiger partial charge in [0.05, 0.1) is 13.2 Å². The third-order valence-corrected chi connectivity index (χ3v) is 16.8. The summed E-state index contributed by atoms with van der Waals surface area (Å²) in [7, 11) is 0. The van der Waals surface area contributed by atoms with E-state index in [4.69, 9.17) is 9.47 Å². The van der Waals surface area contributed by atoms with Gasteiger partial charge in [0.25, 0.3) is 0 Å². The molecule has 0 bridgehead atoms. The van der Waals surface area contributed by atoms with Crippen LogP contribution in [0.5, 0.6) is 0 Å². The van der Waals surface area contributed by atoms with E-state index in [1.54, 1.807) is 5.57 Å². The van der Waals surface area contributed by atoms with Crippen molar-refractivity contribution in [3.8, 4) is 0 Å². The number of hydrogen-bond acceptors (Lipinski definition) is 6. The maximum absolute atomic E-state index is 13.0. The second-order valence-corrected chi connectivity index (χ2v) is 21.9. The standard InChI is InChI=1S/C57H99NO5/c1-7-8-9-10-11-12-13-14-15-16-17-18-19-20-22-30-54(60)62-44-26-25-41-58(42-43-59)40-24-21-23-31-55(61)63-49-36-38-56(5)48(45-49)32-33-50-52-35-34-51(47(4)29-27-28-46(2)3)57(52,6)39-37-53(50)56/h11-12,14-15,32,46-47,49-53,59H,7-10,13,16-31,33-45H2,1-6H3/b12-11+,15-14+. The van der Waals surface area contributed by atoms with Gasteiger partial charge in [-0.15, -0.1) is 0 Å². The fourth-order valence-corrected chi connectivity index (χ4v) is 13.0.